The largest absolute Gasteiger partial charge is 0.450 e. The van der Waals surface area contributed by atoms with Crippen molar-refractivity contribution in [3.8, 4) is 11.5 Å². The SMILES string of the molecule is CCCc1ccccc1Oc1ccccc1[N+](=O)[O-]. The smallest absolute Gasteiger partial charge is 0.311 e. The van der Waals surface area contributed by atoms with Crippen molar-refractivity contribution in [1.29, 1.82) is 0 Å². The van der Waals surface area contributed by atoms with Crippen LogP contribution in [0.2, 0.25) is 0 Å². The van der Waals surface area contributed by atoms with Crippen molar-refractivity contribution in [2.75, 3.05) is 0 Å². The number of nitrogens with zero attached hydrogens (tertiary/aromatic N) is 1. The van der Waals surface area contributed by atoms with E-state index in [1.54, 1.807) is 18.2 Å². The highest BCUT2D eigenvalue weighted by molar-refractivity contribution is 5.49. The van der Waals surface area contributed by atoms with Crippen molar-refractivity contribution in [3.63, 3.8) is 0 Å². The Bertz CT molecular complexity index is 581. The number of ether oxygens (including phenoxy) is 1. The maximum Gasteiger partial charge on any atom is 0.311 e. The Morgan fingerprint density at radius 3 is 2.37 bits per heavy atom. The number of benzene rings is 2. The third-order valence-electron chi connectivity index (χ3n) is 2.77. The molecule has 2 aromatic carbocycles. The summed E-state index contributed by atoms with van der Waals surface area (Å²) in [6, 6.07) is 14.0. The number of aryl methyl sites for hydroxylation is 1. The molecule has 0 radical (unpaired) electrons. The first-order chi connectivity index (χ1) is 9.22. The average molecular weight is 257 g/mol. The summed E-state index contributed by atoms with van der Waals surface area (Å²) in [4.78, 5) is 10.5. The minimum atomic E-state index is -0.433. The van der Waals surface area contributed by atoms with Crippen LogP contribution in [0.25, 0.3) is 0 Å². The van der Waals surface area contributed by atoms with Crippen LogP contribution in [-0.4, -0.2) is 4.92 Å². The summed E-state index contributed by atoms with van der Waals surface area (Å²) in [6.45, 7) is 2.09. The van der Waals surface area contributed by atoms with E-state index in [0.717, 1.165) is 18.4 Å². The Hall–Kier alpha value is -2.36. The summed E-state index contributed by atoms with van der Waals surface area (Å²) in [5, 5.41) is 10.9. The van der Waals surface area contributed by atoms with Crippen LogP contribution < -0.4 is 4.74 Å². The van der Waals surface area contributed by atoms with Gasteiger partial charge in [0.2, 0.25) is 5.75 Å². The molecule has 0 amide bonds. The Morgan fingerprint density at radius 2 is 1.68 bits per heavy atom. The highest BCUT2D eigenvalue weighted by atomic mass is 16.6. The zero-order chi connectivity index (χ0) is 13.7. The molecule has 0 N–H and O–H groups in total. The van der Waals surface area contributed by atoms with Crippen LogP contribution in [0, 0.1) is 10.1 Å². The van der Waals surface area contributed by atoms with Gasteiger partial charge in [-0.1, -0.05) is 43.7 Å². The Morgan fingerprint density at radius 1 is 1.05 bits per heavy atom. The molecule has 98 valence electrons. The van der Waals surface area contributed by atoms with Gasteiger partial charge in [0.15, 0.2) is 0 Å². The molecule has 0 aliphatic rings. The van der Waals surface area contributed by atoms with Crippen LogP contribution in [0.15, 0.2) is 48.5 Å². The fraction of sp³-hybridized carbons (Fsp3) is 0.200. The third kappa shape index (κ3) is 3.10. The lowest BCUT2D eigenvalue weighted by molar-refractivity contribution is -0.385. The van der Waals surface area contributed by atoms with Crippen LogP contribution >= 0.6 is 0 Å². The summed E-state index contributed by atoms with van der Waals surface area (Å²) in [5.74, 6) is 0.953. The molecule has 4 heteroatoms. The predicted molar refractivity (Wildman–Crippen MR) is 73.6 cm³/mol. The van der Waals surface area contributed by atoms with Gasteiger partial charge in [-0.25, -0.2) is 0 Å². The monoisotopic (exact) mass is 257 g/mol. The fourth-order valence-corrected chi connectivity index (χ4v) is 1.89. The summed E-state index contributed by atoms with van der Waals surface area (Å²) in [5.41, 5.74) is 1.04. The number of nitro benzene ring substituents is 1. The van der Waals surface area contributed by atoms with E-state index in [1.807, 2.05) is 24.3 Å². The second kappa shape index (κ2) is 6.00. The molecule has 0 aromatic heterocycles. The van der Waals surface area contributed by atoms with E-state index < -0.39 is 4.92 Å². The second-order valence-electron chi connectivity index (χ2n) is 4.18. The summed E-state index contributed by atoms with van der Waals surface area (Å²) < 4.78 is 5.71. The lowest BCUT2D eigenvalue weighted by atomic mass is 10.1. The van der Waals surface area contributed by atoms with Gasteiger partial charge in [-0.3, -0.25) is 10.1 Å². The van der Waals surface area contributed by atoms with Gasteiger partial charge in [-0.15, -0.1) is 0 Å². The van der Waals surface area contributed by atoms with Crippen molar-refractivity contribution < 1.29 is 9.66 Å². The summed E-state index contributed by atoms with van der Waals surface area (Å²) >= 11 is 0. The van der Waals surface area contributed by atoms with E-state index in [4.69, 9.17) is 4.74 Å². The van der Waals surface area contributed by atoms with Crippen molar-refractivity contribution in [2.24, 2.45) is 0 Å². The molecular formula is C15H15NO3. The number of nitro groups is 1. The first kappa shape index (κ1) is 13.1. The Kier molecular flexibility index (Phi) is 4.13. The van der Waals surface area contributed by atoms with E-state index in [9.17, 15) is 10.1 Å². The normalized spacial score (nSPS) is 10.2. The molecule has 0 aliphatic heterocycles. The fourth-order valence-electron chi connectivity index (χ4n) is 1.89. The molecule has 2 aromatic rings. The van der Waals surface area contributed by atoms with Gasteiger partial charge in [-0.05, 0) is 24.1 Å². The second-order valence-corrected chi connectivity index (χ2v) is 4.18. The molecule has 0 heterocycles. The molecular weight excluding hydrogens is 242 g/mol. The molecule has 0 fully saturated rings. The molecule has 0 aliphatic carbocycles. The van der Waals surface area contributed by atoms with Gasteiger partial charge in [0.25, 0.3) is 0 Å². The highest BCUT2D eigenvalue weighted by Gasteiger charge is 2.15. The van der Waals surface area contributed by atoms with E-state index in [0.29, 0.717) is 5.75 Å². The molecule has 2 rings (SSSR count). The first-order valence-electron chi connectivity index (χ1n) is 6.21. The van der Waals surface area contributed by atoms with Crippen LogP contribution in [0.3, 0.4) is 0 Å². The topological polar surface area (TPSA) is 52.4 Å². The lowest BCUT2D eigenvalue weighted by Crippen LogP contribution is -1.95. The summed E-state index contributed by atoms with van der Waals surface area (Å²) in [7, 11) is 0. The number of rotatable bonds is 5. The minimum Gasteiger partial charge on any atom is -0.450 e. The number of hydrogen-bond donors (Lipinski definition) is 0. The standard InChI is InChI=1S/C15H15NO3/c1-2-7-12-8-3-5-10-14(12)19-15-11-6-4-9-13(15)16(17)18/h3-6,8-11H,2,7H2,1H3. The molecule has 0 atom stereocenters. The molecule has 4 nitrogen and oxygen atoms in total. The number of para-hydroxylation sites is 3. The third-order valence-corrected chi connectivity index (χ3v) is 2.77. The van der Waals surface area contributed by atoms with Crippen LogP contribution in [0.1, 0.15) is 18.9 Å². The first-order valence-corrected chi connectivity index (χ1v) is 6.21. The van der Waals surface area contributed by atoms with Gasteiger partial charge in [0.1, 0.15) is 5.75 Å². The van der Waals surface area contributed by atoms with Crippen molar-refractivity contribution in [1.82, 2.24) is 0 Å². The molecule has 0 saturated heterocycles. The van der Waals surface area contributed by atoms with Gasteiger partial charge in [0.05, 0.1) is 4.92 Å². The van der Waals surface area contributed by atoms with Gasteiger partial charge in [0, 0.05) is 6.07 Å². The van der Waals surface area contributed by atoms with Crippen LogP contribution in [0.5, 0.6) is 11.5 Å². The van der Waals surface area contributed by atoms with E-state index in [2.05, 4.69) is 6.92 Å². The summed E-state index contributed by atoms with van der Waals surface area (Å²) in [6.07, 6.45) is 1.88. The van der Waals surface area contributed by atoms with Gasteiger partial charge < -0.3 is 4.74 Å². The maximum atomic E-state index is 10.9. The van der Waals surface area contributed by atoms with E-state index >= 15 is 0 Å². The highest BCUT2D eigenvalue weighted by Crippen LogP contribution is 2.32. The molecule has 0 spiro atoms. The minimum absolute atomic E-state index is 0.0196. The molecule has 0 unspecified atom stereocenters. The Balaban J connectivity index is 2.34. The van der Waals surface area contributed by atoms with Crippen molar-refractivity contribution in [2.45, 2.75) is 19.8 Å². The van der Waals surface area contributed by atoms with Gasteiger partial charge >= 0.3 is 5.69 Å². The Labute approximate surface area is 111 Å². The van der Waals surface area contributed by atoms with Crippen LogP contribution in [-0.2, 0) is 6.42 Å². The predicted octanol–water partition coefficient (Wildman–Crippen LogP) is 4.34. The van der Waals surface area contributed by atoms with E-state index in [1.165, 1.54) is 6.07 Å². The number of hydrogen-bond acceptors (Lipinski definition) is 3. The zero-order valence-electron chi connectivity index (χ0n) is 10.7. The van der Waals surface area contributed by atoms with E-state index in [-0.39, 0.29) is 11.4 Å². The molecule has 0 saturated carbocycles. The zero-order valence-corrected chi connectivity index (χ0v) is 10.7. The average Bonchev–Trinajstić information content (AvgIpc) is 2.42. The molecule has 19 heavy (non-hydrogen) atoms. The lowest BCUT2D eigenvalue weighted by Gasteiger charge is -2.10. The quantitative estimate of drug-likeness (QED) is 0.591. The maximum absolute atomic E-state index is 10.9. The van der Waals surface area contributed by atoms with Crippen LogP contribution in [0.4, 0.5) is 5.69 Å². The van der Waals surface area contributed by atoms with Crippen molar-refractivity contribution in [3.05, 3.63) is 64.2 Å². The van der Waals surface area contributed by atoms with Gasteiger partial charge in [-0.2, -0.15) is 0 Å². The van der Waals surface area contributed by atoms with Crippen molar-refractivity contribution >= 4 is 5.69 Å². The molecule has 0 bridgehead atoms.